The molecule has 0 aromatic rings. The van der Waals surface area contributed by atoms with E-state index in [-0.39, 0.29) is 10.7 Å². The highest BCUT2D eigenvalue weighted by atomic mass is 79.9. The van der Waals surface area contributed by atoms with Crippen molar-refractivity contribution in [3.8, 4) is 0 Å². The molecule has 0 aromatic carbocycles. The maximum absolute atomic E-state index is 11.3. The molecule has 1 aliphatic rings. The Morgan fingerprint density at radius 2 is 2.25 bits per heavy atom. The summed E-state index contributed by atoms with van der Waals surface area (Å²) in [5.41, 5.74) is 0. The van der Waals surface area contributed by atoms with Gasteiger partial charge in [-0.25, -0.2) is 0 Å². The van der Waals surface area contributed by atoms with Crippen LogP contribution in [0.3, 0.4) is 0 Å². The first-order valence-corrected chi connectivity index (χ1v) is 6.25. The normalized spacial score (nSPS) is 18.8. The van der Waals surface area contributed by atoms with E-state index in [4.69, 9.17) is 0 Å². The zero-order chi connectivity index (χ0) is 8.97. The second-order valence-electron chi connectivity index (χ2n) is 3.13. The van der Waals surface area contributed by atoms with Crippen LogP contribution in [0.15, 0.2) is 0 Å². The monoisotopic (exact) mass is 297 g/mol. The van der Waals surface area contributed by atoms with E-state index in [9.17, 15) is 4.79 Å². The molecule has 0 saturated heterocycles. The molecule has 1 fully saturated rings. The van der Waals surface area contributed by atoms with Crippen LogP contribution in [0, 0.1) is 5.92 Å². The van der Waals surface area contributed by atoms with Crippen molar-refractivity contribution in [2.75, 3.05) is 11.9 Å². The van der Waals surface area contributed by atoms with Gasteiger partial charge in [-0.3, -0.25) is 4.79 Å². The first-order valence-electron chi connectivity index (χ1n) is 4.21. The maximum atomic E-state index is 11.3. The summed E-state index contributed by atoms with van der Waals surface area (Å²) < 4.78 is 0. The summed E-state index contributed by atoms with van der Waals surface area (Å²) in [6.45, 7) is 0.864. The minimum atomic E-state index is -0.0318. The molecule has 1 rings (SSSR count). The Balaban J connectivity index is 2.07. The van der Waals surface area contributed by atoms with Crippen molar-refractivity contribution < 1.29 is 4.79 Å². The highest BCUT2D eigenvalue weighted by Crippen LogP contribution is 2.27. The number of halogens is 2. The summed E-state index contributed by atoms with van der Waals surface area (Å²) in [5.74, 6) is 0.888. The van der Waals surface area contributed by atoms with Gasteiger partial charge in [0.1, 0.15) is 0 Å². The van der Waals surface area contributed by atoms with Crippen molar-refractivity contribution in [2.45, 2.75) is 24.1 Å². The molecular weight excluding hydrogens is 286 g/mol. The number of hydrogen-bond acceptors (Lipinski definition) is 1. The van der Waals surface area contributed by atoms with Gasteiger partial charge in [0.05, 0.1) is 4.83 Å². The van der Waals surface area contributed by atoms with Crippen LogP contribution in [0.4, 0.5) is 0 Å². The highest BCUT2D eigenvalue weighted by Gasteiger charge is 2.23. The lowest BCUT2D eigenvalue weighted by Crippen LogP contribution is -2.32. The fourth-order valence-corrected chi connectivity index (χ4v) is 2.37. The Hall–Kier alpha value is 0.430. The average Bonchev–Trinajstić information content (AvgIpc) is 2.83. The number of amides is 1. The Morgan fingerprint density at radius 3 is 2.75 bits per heavy atom. The second kappa shape index (κ2) is 5.22. The fourth-order valence-electron chi connectivity index (χ4n) is 0.905. The van der Waals surface area contributed by atoms with Gasteiger partial charge in [-0.15, -0.1) is 0 Å². The van der Waals surface area contributed by atoms with Crippen LogP contribution >= 0.6 is 31.9 Å². The van der Waals surface area contributed by atoms with Gasteiger partial charge in [-0.2, -0.15) is 0 Å². The molecule has 0 spiro atoms. The first kappa shape index (κ1) is 10.5. The molecule has 1 aliphatic carbocycles. The third-order valence-corrected chi connectivity index (χ3v) is 3.24. The quantitative estimate of drug-likeness (QED) is 0.774. The molecule has 1 atom stereocenters. The number of nitrogens with one attached hydrogen (secondary N) is 1. The molecule has 0 unspecified atom stereocenters. The first-order chi connectivity index (χ1) is 5.74. The fraction of sp³-hybridized carbons (Fsp3) is 0.875. The van der Waals surface area contributed by atoms with Gasteiger partial charge in [-0.1, -0.05) is 31.9 Å². The number of hydrogen-bond donors (Lipinski definition) is 1. The molecule has 1 amide bonds. The summed E-state index contributed by atoms with van der Waals surface area (Å²) in [4.78, 5) is 11.3. The number of carbonyl (C=O) groups is 1. The van der Waals surface area contributed by atoms with E-state index in [1.807, 2.05) is 0 Å². The van der Waals surface area contributed by atoms with Crippen LogP contribution in [0.5, 0.6) is 0 Å². The third-order valence-electron chi connectivity index (χ3n) is 1.91. The van der Waals surface area contributed by atoms with Crippen LogP contribution in [0.1, 0.15) is 19.3 Å². The molecule has 1 N–H and O–H groups in total. The summed E-state index contributed by atoms with van der Waals surface area (Å²) in [5, 5.41) is 3.78. The molecule has 0 heterocycles. The number of rotatable bonds is 5. The van der Waals surface area contributed by atoms with Gasteiger partial charge in [0.2, 0.25) is 5.91 Å². The Kier molecular flexibility index (Phi) is 4.57. The van der Waals surface area contributed by atoms with Crippen LogP contribution in [0.25, 0.3) is 0 Å². The average molecular weight is 299 g/mol. The Morgan fingerprint density at radius 1 is 1.58 bits per heavy atom. The van der Waals surface area contributed by atoms with Gasteiger partial charge >= 0.3 is 0 Å². The standard InChI is InChI=1S/C8H13Br2NO/c9-4-3-7(10)8(12)11-5-6-1-2-6/h6-7H,1-5H2,(H,11,12)/t7-/m1/s1. The van der Waals surface area contributed by atoms with E-state index in [0.717, 1.165) is 24.2 Å². The van der Waals surface area contributed by atoms with Gasteiger partial charge in [0.25, 0.3) is 0 Å². The van der Waals surface area contributed by atoms with Gasteiger partial charge in [0, 0.05) is 11.9 Å². The predicted octanol–water partition coefficient (Wildman–Crippen LogP) is 2.06. The van der Waals surface area contributed by atoms with Crippen molar-refractivity contribution in [3.63, 3.8) is 0 Å². The molecule has 1 saturated carbocycles. The zero-order valence-electron chi connectivity index (χ0n) is 6.85. The lowest BCUT2D eigenvalue weighted by molar-refractivity contribution is -0.120. The van der Waals surface area contributed by atoms with E-state index in [0.29, 0.717) is 0 Å². The molecule has 0 aliphatic heterocycles. The molecule has 0 bridgehead atoms. The molecule has 0 radical (unpaired) electrons. The van der Waals surface area contributed by atoms with Crippen molar-refractivity contribution >= 4 is 37.8 Å². The zero-order valence-corrected chi connectivity index (χ0v) is 10.0. The van der Waals surface area contributed by atoms with E-state index in [2.05, 4.69) is 37.2 Å². The van der Waals surface area contributed by atoms with E-state index in [1.165, 1.54) is 12.8 Å². The lowest BCUT2D eigenvalue weighted by Gasteiger charge is -2.08. The minimum Gasteiger partial charge on any atom is -0.355 e. The Labute approximate surface area is 89.7 Å². The van der Waals surface area contributed by atoms with Gasteiger partial charge in [-0.05, 0) is 25.2 Å². The molecule has 0 aromatic heterocycles. The van der Waals surface area contributed by atoms with Gasteiger partial charge in [0.15, 0.2) is 0 Å². The predicted molar refractivity (Wildman–Crippen MR) is 56.9 cm³/mol. The SMILES string of the molecule is O=C(NCC1CC1)[C@H](Br)CCBr. The third kappa shape index (κ3) is 3.90. The smallest absolute Gasteiger partial charge is 0.233 e. The van der Waals surface area contributed by atoms with Gasteiger partial charge < -0.3 is 5.32 Å². The highest BCUT2D eigenvalue weighted by molar-refractivity contribution is 9.10. The summed E-state index contributed by atoms with van der Waals surface area (Å²) in [6, 6.07) is 0. The second-order valence-corrected chi connectivity index (χ2v) is 5.03. The van der Waals surface area contributed by atoms with Crippen LogP contribution in [-0.2, 0) is 4.79 Å². The van der Waals surface area contributed by atoms with Crippen LogP contribution in [-0.4, -0.2) is 22.6 Å². The molecule has 70 valence electrons. The van der Waals surface area contributed by atoms with Crippen molar-refractivity contribution in [2.24, 2.45) is 5.92 Å². The molecule has 2 nitrogen and oxygen atoms in total. The lowest BCUT2D eigenvalue weighted by atomic mass is 10.3. The Bertz CT molecular complexity index is 159. The molecule has 4 heteroatoms. The van der Waals surface area contributed by atoms with Crippen LogP contribution in [0.2, 0.25) is 0 Å². The van der Waals surface area contributed by atoms with E-state index in [1.54, 1.807) is 0 Å². The maximum Gasteiger partial charge on any atom is 0.233 e. The summed E-state index contributed by atoms with van der Waals surface area (Å²) >= 11 is 6.63. The number of alkyl halides is 2. The van der Waals surface area contributed by atoms with E-state index < -0.39 is 0 Å². The van der Waals surface area contributed by atoms with E-state index >= 15 is 0 Å². The van der Waals surface area contributed by atoms with Crippen molar-refractivity contribution in [1.29, 1.82) is 0 Å². The van der Waals surface area contributed by atoms with Crippen molar-refractivity contribution in [1.82, 2.24) is 5.32 Å². The largest absolute Gasteiger partial charge is 0.355 e. The molecular formula is C8H13Br2NO. The summed E-state index contributed by atoms with van der Waals surface area (Å²) in [7, 11) is 0. The number of carbonyl (C=O) groups excluding carboxylic acids is 1. The van der Waals surface area contributed by atoms with Crippen molar-refractivity contribution in [3.05, 3.63) is 0 Å². The minimum absolute atomic E-state index is 0.0318. The topological polar surface area (TPSA) is 29.1 Å². The van der Waals surface area contributed by atoms with Crippen LogP contribution < -0.4 is 5.32 Å². The molecule has 12 heavy (non-hydrogen) atoms. The summed E-state index contributed by atoms with van der Waals surface area (Å²) in [6.07, 6.45) is 3.41.